The van der Waals surface area contributed by atoms with Crippen LogP contribution in [0.3, 0.4) is 0 Å². The van der Waals surface area contributed by atoms with Crippen LogP contribution in [0.4, 0.5) is 4.39 Å². The van der Waals surface area contributed by atoms with E-state index in [1.54, 1.807) is 6.07 Å². The number of carboxylic acid groups (broad SMARTS) is 1. The van der Waals surface area contributed by atoms with Crippen LogP contribution in [0.25, 0.3) is 21.7 Å². The molecule has 0 radical (unpaired) electrons. The summed E-state index contributed by atoms with van der Waals surface area (Å²) < 4.78 is 31.5. The lowest BCUT2D eigenvalue weighted by molar-refractivity contribution is -0.145. The highest BCUT2D eigenvalue weighted by Crippen LogP contribution is 2.54. The lowest BCUT2D eigenvalue weighted by Gasteiger charge is -2.34. The molecule has 3 unspecified atom stereocenters. The van der Waals surface area contributed by atoms with E-state index in [1.165, 1.54) is 42.5 Å². The van der Waals surface area contributed by atoms with Crippen molar-refractivity contribution in [3.05, 3.63) is 64.9 Å². The van der Waals surface area contributed by atoms with E-state index in [9.17, 15) is 24.0 Å². The molecule has 9 heteroatoms. The molecule has 1 aromatic carbocycles. The largest absolute Gasteiger partial charge is 0.543 e. The zero-order valence-electron chi connectivity index (χ0n) is 19.1. The molecule has 2 N–H and O–H groups in total. The Morgan fingerprint density at radius 3 is 2.41 bits per heavy atom. The van der Waals surface area contributed by atoms with E-state index in [4.69, 9.17) is 15.9 Å². The van der Waals surface area contributed by atoms with Gasteiger partial charge in [-0.05, 0) is 64.1 Å². The fourth-order valence-electron chi connectivity index (χ4n) is 3.94. The normalized spacial score (nSPS) is 15.3. The molecule has 0 saturated carbocycles. The van der Waals surface area contributed by atoms with Crippen molar-refractivity contribution in [3.8, 4) is 34.0 Å². The summed E-state index contributed by atoms with van der Waals surface area (Å²) in [6.45, 7) is 4.88. The maximum absolute atomic E-state index is 13.7. The van der Waals surface area contributed by atoms with Crippen LogP contribution in [0.15, 0.2) is 47.8 Å². The Kier molecular flexibility index (Phi) is 7.35. The van der Waals surface area contributed by atoms with Crippen molar-refractivity contribution in [2.75, 3.05) is 7.11 Å². The maximum atomic E-state index is 13.7. The fourth-order valence-corrected chi connectivity index (χ4v) is 5.63. The number of thiophene rings is 1. The van der Waals surface area contributed by atoms with Gasteiger partial charge in [0.15, 0.2) is 5.60 Å². The molecule has 0 aliphatic heterocycles. The van der Waals surface area contributed by atoms with Gasteiger partial charge < -0.3 is 10.2 Å². The zero-order chi connectivity index (χ0) is 25.3. The van der Waals surface area contributed by atoms with Crippen LogP contribution < -0.4 is 0 Å². The van der Waals surface area contributed by atoms with E-state index in [1.807, 2.05) is 31.4 Å². The molecule has 0 fully saturated rings. The number of terminal acetylenes is 1. The maximum Gasteiger partial charge on any atom is 0.543 e. The molecule has 2 aromatic heterocycles. The Hall–Kier alpha value is -2.95. The third-order valence-corrected chi connectivity index (χ3v) is 8.20. The summed E-state index contributed by atoms with van der Waals surface area (Å²) in [5.41, 5.74) is -0.433. The van der Waals surface area contributed by atoms with E-state index < -0.39 is 30.6 Å². The number of aliphatic carboxylic acids is 1. The van der Waals surface area contributed by atoms with Crippen LogP contribution in [-0.4, -0.2) is 33.4 Å². The molecule has 0 saturated heterocycles. The number of pyridine rings is 1. The van der Waals surface area contributed by atoms with Gasteiger partial charge >= 0.3 is 19.2 Å². The van der Waals surface area contributed by atoms with Crippen molar-refractivity contribution < 1.29 is 28.5 Å². The number of rotatable bonds is 8. The summed E-state index contributed by atoms with van der Waals surface area (Å²) in [6, 6.07) is 11.0. The number of hydrogen-bond acceptors (Lipinski definition) is 6. The Balaban J connectivity index is 2.50. The van der Waals surface area contributed by atoms with Gasteiger partial charge in [-0.25, -0.2) is 9.18 Å². The van der Waals surface area contributed by atoms with Crippen LogP contribution in [0.5, 0.6) is 0 Å². The average molecular weight is 501 g/mol. The van der Waals surface area contributed by atoms with Gasteiger partial charge in [-0.2, -0.15) is 0 Å². The van der Waals surface area contributed by atoms with Gasteiger partial charge in [0.05, 0.1) is 23.4 Å². The highest BCUT2D eigenvalue weighted by Gasteiger charge is 2.71. The fraction of sp³-hybridized carbons (Fsp3) is 0.280. The van der Waals surface area contributed by atoms with E-state index in [2.05, 4.69) is 5.92 Å². The van der Waals surface area contributed by atoms with Crippen LogP contribution in [0.2, 0.25) is 0 Å². The van der Waals surface area contributed by atoms with Gasteiger partial charge in [-0.3, -0.25) is 4.98 Å². The molecular formula is C25H24FNO5PS+. The third kappa shape index (κ3) is 4.17. The van der Waals surface area contributed by atoms with Crippen LogP contribution in [0.1, 0.15) is 37.9 Å². The number of aliphatic hydroxyl groups is 1. The number of carbonyl (C=O) groups is 1. The summed E-state index contributed by atoms with van der Waals surface area (Å²) >= 11 is 1.46. The van der Waals surface area contributed by atoms with Crippen LogP contribution >= 0.6 is 19.4 Å². The quantitative estimate of drug-likeness (QED) is 0.300. The van der Waals surface area contributed by atoms with E-state index in [-0.39, 0.29) is 11.5 Å². The summed E-state index contributed by atoms with van der Waals surface area (Å²) in [4.78, 5) is 18.1. The van der Waals surface area contributed by atoms with Gasteiger partial charge in [0.25, 0.3) is 0 Å². The summed E-state index contributed by atoms with van der Waals surface area (Å²) in [5.74, 6) is -0.365. The molecule has 3 rings (SSSR count). The number of nitrogens with zero attached hydrogens (tertiary/aromatic N) is 1. The molecule has 2 heterocycles. The molecular weight excluding hydrogens is 476 g/mol. The molecule has 0 aliphatic rings. The predicted molar refractivity (Wildman–Crippen MR) is 130 cm³/mol. The standard InChI is InChI=1S/C25H23FNO5PS/c1-6-25(23(28)29,33(31)32-5)24(4,30)21-18(16-9-11-17(26)12-10-16)14-19(20-8-7-13-34-20)27-22(21)15(2)3/h1,7-15,30H,2-5H3/p+1. The van der Waals surface area contributed by atoms with Gasteiger partial charge in [-0.15, -0.1) is 22.3 Å². The van der Waals surface area contributed by atoms with E-state index in [0.29, 0.717) is 22.5 Å². The zero-order valence-corrected chi connectivity index (χ0v) is 20.8. The first-order chi connectivity index (χ1) is 16.0. The van der Waals surface area contributed by atoms with Crippen LogP contribution in [-0.2, 0) is 19.5 Å². The van der Waals surface area contributed by atoms with Crippen LogP contribution in [0, 0.1) is 18.2 Å². The van der Waals surface area contributed by atoms with Crippen molar-refractivity contribution in [2.24, 2.45) is 0 Å². The monoisotopic (exact) mass is 500 g/mol. The highest BCUT2D eigenvalue weighted by atomic mass is 32.1. The van der Waals surface area contributed by atoms with Gasteiger partial charge in [0, 0.05) is 5.56 Å². The molecule has 3 aromatic rings. The summed E-state index contributed by atoms with van der Waals surface area (Å²) in [7, 11) is -2.00. The van der Waals surface area contributed by atoms with Gasteiger partial charge in [-0.1, -0.05) is 32.0 Å². The van der Waals surface area contributed by atoms with Crippen molar-refractivity contribution in [1.29, 1.82) is 0 Å². The average Bonchev–Trinajstić information content (AvgIpc) is 3.34. The topological polar surface area (TPSA) is 96.7 Å². The molecule has 34 heavy (non-hydrogen) atoms. The Labute approximate surface area is 202 Å². The predicted octanol–water partition coefficient (Wildman–Crippen LogP) is 5.79. The second-order valence-corrected chi connectivity index (χ2v) is 10.6. The molecule has 0 amide bonds. The van der Waals surface area contributed by atoms with Crippen molar-refractivity contribution in [2.45, 2.75) is 37.4 Å². The highest BCUT2D eigenvalue weighted by molar-refractivity contribution is 7.43. The molecule has 176 valence electrons. The smallest absolute Gasteiger partial charge is 0.477 e. The molecule has 6 nitrogen and oxygen atoms in total. The number of benzene rings is 1. The lowest BCUT2D eigenvalue weighted by atomic mass is 9.76. The Bertz CT molecular complexity index is 1270. The second kappa shape index (κ2) is 9.73. The van der Waals surface area contributed by atoms with Crippen molar-refractivity contribution >= 4 is 25.3 Å². The SMILES string of the molecule is C#CC(C(=O)O)([P+](=O)OC)C(C)(O)c1c(-c2ccc(F)cc2)cc(-c2cccs2)nc1C(C)C. The number of hydrogen-bond donors (Lipinski definition) is 2. The minimum Gasteiger partial charge on any atom is -0.477 e. The first-order valence-corrected chi connectivity index (χ1v) is 12.4. The lowest BCUT2D eigenvalue weighted by Crippen LogP contribution is -2.53. The summed E-state index contributed by atoms with van der Waals surface area (Å²) in [6.07, 6.45) is 5.63. The minimum absolute atomic E-state index is 0.0927. The minimum atomic E-state index is -3.06. The van der Waals surface area contributed by atoms with E-state index >= 15 is 0 Å². The van der Waals surface area contributed by atoms with Crippen molar-refractivity contribution in [1.82, 2.24) is 4.98 Å². The van der Waals surface area contributed by atoms with Crippen molar-refractivity contribution in [3.63, 3.8) is 0 Å². The third-order valence-electron chi connectivity index (χ3n) is 5.67. The molecule has 0 aliphatic carbocycles. The summed E-state index contributed by atoms with van der Waals surface area (Å²) in [5, 5.41) is 21.3. The number of halogens is 1. The Morgan fingerprint density at radius 1 is 1.29 bits per heavy atom. The molecule has 3 atom stereocenters. The second-order valence-electron chi connectivity index (χ2n) is 8.13. The number of carboxylic acids is 1. The van der Waals surface area contributed by atoms with Gasteiger partial charge in [0.1, 0.15) is 5.82 Å². The van der Waals surface area contributed by atoms with Gasteiger partial charge in [0.2, 0.25) is 0 Å². The first kappa shape index (κ1) is 25.7. The first-order valence-electron chi connectivity index (χ1n) is 10.3. The molecule has 0 spiro atoms. The Morgan fingerprint density at radius 2 is 1.94 bits per heavy atom. The number of aromatic nitrogens is 1. The molecule has 0 bridgehead atoms. The van der Waals surface area contributed by atoms with E-state index in [0.717, 1.165) is 12.0 Å².